The molecule has 5 rings (SSSR count). The number of nitrogens with one attached hydrogen (secondary N) is 1. The molecule has 148 valence electrons. The molecule has 1 N–H and O–H groups in total. The zero-order chi connectivity index (χ0) is 20.0. The number of halogens is 1. The maximum Gasteiger partial charge on any atom is 0.219 e. The zero-order valence-electron chi connectivity index (χ0n) is 16.4. The van der Waals surface area contributed by atoms with E-state index >= 15 is 4.39 Å². The summed E-state index contributed by atoms with van der Waals surface area (Å²) in [7, 11) is 0. The molecule has 1 amide bonds. The average molecular weight is 390 g/mol. The molecule has 6 heteroatoms. The summed E-state index contributed by atoms with van der Waals surface area (Å²) in [6.07, 6.45) is 5.86. The summed E-state index contributed by atoms with van der Waals surface area (Å²) in [6, 6.07) is 11.9. The van der Waals surface area contributed by atoms with E-state index in [0.717, 1.165) is 48.0 Å². The van der Waals surface area contributed by atoms with Crippen LogP contribution in [0.5, 0.6) is 0 Å². The molecule has 2 aliphatic carbocycles. The molecule has 2 aliphatic rings. The number of rotatable bonds is 6. The molecule has 2 saturated carbocycles. The Bertz CT molecular complexity index is 1090. The maximum absolute atomic E-state index is 15.4. The van der Waals surface area contributed by atoms with Gasteiger partial charge in [0.25, 0.3) is 0 Å². The molecule has 0 spiro atoms. The smallest absolute Gasteiger partial charge is 0.219 e. The Morgan fingerprint density at radius 2 is 2.00 bits per heavy atom. The van der Waals surface area contributed by atoms with Crippen molar-refractivity contribution < 1.29 is 9.18 Å². The summed E-state index contributed by atoms with van der Waals surface area (Å²) < 4.78 is 15.4. The van der Waals surface area contributed by atoms with Gasteiger partial charge in [-0.1, -0.05) is 24.3 Å². The molecule has 2 fully saturated rings. The summed E-state index contributed by atoms with van der Waals surface area (Å²) in [6.45, 7) is 1.86. The van der Waals surface area contributed by atoms with Crippen LogP contribution in [0.25, 0.3) is 22.0 Å². The maximum atomic E-state index is 15.4. The monoisotopic (exact) mass is 390 g/mol. The molecular formula is C23H23FN4O. The van der Waals surface area contributed by atoms with Crippen LogP contribution in [0.1, 0.15) is 38.2 Å². The van der Waals surface area contributed by atoms with Gasteiger partial charge in [-0.05, 0) is 43.4 Å². The minimum Gasteiger partial charge on any atom is -0.367 e. The number of fused-ring (bicyclic) bond motifs is 1. The van der Waals surface area contributed by atoms with Crippen molar-refractivity contribution in [2.75, 3.05) is 5.32 Å². The van der Waals surface area contributed by atoms with Gasteiger partial charge in [0.1, 0.15) is 18.0 Å². The summed E-state index contributed by atoms with van der Waals surface area (Å²) in [5.41, 5.74) is 2.70. The number of hydrogen-bond acceptors (Lipinski definition) is 4. The number of carbonyl (C=O) groups excluding carboxylic acids is 1. The Balaban J connectivity index is 1.51. The van der Waals surface area contributed by atoms with E-state index in [9.17, 15) is 4.79 Å². The lowest BCUT2D eigenvalue weighted by atomic mass is 10.00. The van der Waals surface area contributed by atoms with Gasteiger partial charge in [-0.3, -0.25) is 4.79 Å². The lowest BCUT2D eigenvalue weighted by Crippen LogP contribution is -2.30. The molecule has 0 saturated heterocycles. The number of aromatic nitrogens is 2. The van der Waals surface area contributed by atoms with Gasteiger partial charge in [-0.2, -0.15) is 0 Å². The fourth-order valence-electron chi connectivity index (χ4n) is 3.75. The standard InChI is InChI=1S/C23H23FN4O/c1-14(29)28(18-8-9-18)12-16-3-2-4-19(22(16)24)15-5-10-21-20(11-15)23(26-13-25-21)27-17-6-7-17/h2-5,10-11,13,17-18H,6-9,12H2,1H3,(H,25,26,27). The van der Waals surface area contributed by atoms with E-state index in [4.69, 9.17) is 0 Å². The van der Waals surface area contributed by atoms with Gasteiger partial charge in [0.2, 0.25) is 5.91 Å². The van der Waals surface area contributed by atoms with Crippen molar-refractivity contribution >= 4 is 22.6 Å². The minimum absolute atomic E-state index is 0.00375. The Morgan fingerprint density at radius 1 is 1.17 bits per heavy atom. The zero-order valence-corrected chi connectivity index (χ0v) is 16.4. The first kappa shape index (κ1) is 18.0. The van der Waals surface area contributed by atoms with Crippen LogP contribution in [0, 0.1) is 5.82 Å². The van der Waals surface area contributed by atoms with E-state index in [-0.39, 0.29) is 17.8 Å². The second kappa shape index (κ2) is 7.10. The van der Waals surface area contributed by atoms with Gasteiger partial charge in [0, 0.05) is 42.1 Å². The molecule has 0 radical (unpaired) electrons. The van der Waals surface area contributed by atoms with E-state index < -0.39 is 0 Å². The van der Waals surface area contributed by atoms with E-state index in [1.165, 1.54) is 0 Å². The van der Waals surface area contributed by atoms with E-state index in [1.54, 1.807) is 30.3 Å². The molecule has 29 heavy (non-hydrogen) atoms. The third-order valence-corrected chi connectivity index (χ3v) is 5.68. The molecule has 1 heterocycles. The Labute approximate surface area is 169 Å². The van der Waals surface area contributed by atoms with Crippen LogP contribution in [0.3, 0.4) is 0 Å². The normalized spacial score (nSPS) is 16.1. The van der Waals surface area contributed by atoms with E-state index in [1.807, 2.05) is 24.3 Å². The molecular weight excluding hydrogens is 367 g/mol. The number of hydrogen-bond donors (Lipinski definition) is 1. The Kier molecular flexibility index (Phi) is 4.42. The molecule has 1 aromatic heterocycles. The van der Waals surface area contributed by atoms with Crippen LogP contribution in [-0.4, -0.2) is 32.9 Å². The van der Waals surface area contributed by atoms with Gasteiger partial charge in [0.05, 0.1) is 5.52 Å². The van der Waals surface area contributed by atoms with Crippen molar-refractivity contribution in [3.05, 3.63) is 54.1 Å². The quantitative estimate of drug-likeness (QED) is 0.672. The van der Waals surface area contributed by atoms with Crippen LogP contribution in [-0.2, 0) is 11.3 Å². The molecule has 2 aromatic carbocycles. The number of anilines is 1. The molecule has 5 nitrogen and oxygen atoms in total. The van der Waals surface area contributed by atoms with Crippen molar-refractivity contribution in [3.8, 4) is 11.1 Å². The predicted molar refractivity (Wildman–Crippen MR) is 111 cm³/mol. The van der Waals surface area contributed by atoms with Gasteiger partial charge < -0.3 is 10.2 Å². The molecule has 0 bridgehead atoms. The van der Waals surface area contributed by atoms with E-state index in [2.05, 4.69) is 15.3 Å². The summed E-state index contributed by atoms with van der Waals surface area (Å²) in [5, 5.41) is 4.33. The fraction of sp³-hybridized carbons (Fsp3) is 0.348. The largest absolute Gasteiger partial charge is 0.367 e. The fourth-order valence-corrected chi connectivity index (χ4v) is 3.75. The SMILES string of the molecule is CC(=O)N(Cc1cccc(-c2ccc3ncnc(NC4CC4)c3c2)c1F)C1CC1. The third kappa shape index (κ3) is 3.67. The van der Waals surface area contributed by atoms with Crippen molar-refractivity contribution in [2.24, 2.45) is 0 Å². The highest BCUT2D eigenvalue weighted by Crippen LogP contribution is 2.33. The van der Waals surface area contributed by atoms with Crippen molar-refractivity contribution in [2.45, 2.75) is 51.2 Å². The molecule has 0 atom stereocenters. The summed E-state index contributed by atoms with van der Waals surface area (Å²) in [5.74, 6) is 0.524. The molecule has 3 aromatic rings. The molecule has 0 unspecified atom stereocenters. The van der Waals surface area contributed by atoms with E-state index in [0.29, 0.717) is 23.7 Å². The minimum atomic E-state index is -0.271. The van der Waals surface area contributed by atoms with Crippen LogP contribution in [0.15, 0.2) is 42.7 Å². The second-order valence-corrected chi connectivity index (χ2v) is 8.03. The highest BCUT2D eigenvalue weighted by molar-refractivity contribution is 5.92. The highest BCUT2D eigenvalue weighted by atomic mass is 19.1. The first-order valence-electron chi connectivity index (χ1n) is 10.2. The molecule has 0 aliphatic heterocycles. The van der Waals surface area contributed by atoms with Crippen molar-refractivity contribution in [1.29, 1.82) is 0 Å². The number of benzene rings is 2. The first-order valence-corrected chi connectivity index (χ1v) is 10.2. The summed E-state index contributed by atoms with van der Waals surface area (Å²) in [4.78, 5) is 22.5. The third-order valence-electron chi connectivity index (χ3n) is 5.68. The topological polar surface area (TPSA) is 58.1 Å². The van der Waals surface area contributed by atoms with Gasteiger partial charge in [-0.25, -0.2) is 14.4 Å². The summed E-state index contributed by atoms with van der Waals surface area (Å²) >= 11 is 0. The lowest BCUT2D eigenvalue weighted by Gasteiger charge is -2.21. The number of carbonyl (C=O) groups is 1. The van der Waals surface area contributed by atoms with Gasteiger partial charge in [0.15, 0.2) is 0 Å². The highest BCUT2D eigenvalue weighted by Gasteiger charge is 2.31. The predicted octanol–water partition coefficient (Wildman–Crippen LogP) is 4.52. The first-order chi connectivity index (χ1) is 14.1. The van der Waals surface area contributed by atoms with Crippen molar-refractivity contribution in [3.63, 3.8) is 0 Å². The number of nitrogens with zero attached hydrogens (tertiary/aromatic N) is 3. The Morgan fingerprint density at radius 3 is 2.72 bits per heavy atom. The van der Waals surface area contributed by atoms with Crippen LogP contribution >= 0.6 is 0 Å². The lowest BCUT2D eigenvalue weighted by molar-refractivity contribution is -0.130. The van der Waals surface area contributed by atoms with Gasteiger partial charge in [-0.15, -0.1) is 0 Å². The second-order valence-electron chi connectivity index (χ2n) is 8.03. The van der Waals surface area contributed by atoms with Crippen LogP contribution in [0.4, 0.5) is 10.2 Å². The Hall–Kier alpha value is -3.02. The number of amides is 1. The average Bonchev–Trinajstić information content (AvgIpc) is 3.62. The van der Waals surface area contributed by atoms with Crippen molar-refractivity contribution in [1.82, 2.24) is 14.9 Å². The van der Waals surface area contributed by atoms with Gasteiger partial charge >= 0.3 is 0 Å². The van der Waals surface area contributed by atoms with Crippen LogP contribution < -0.4 is 5.32 Å². The van der Waals surface area contributed by atoms with Crippen LogP contribution in [0.2, 0.25) is 0 Å².